The second-order valence-electron chi connectivity index (χ2n) is 9.70. The third-order valence-corrected chi connectivity index (χ3v) is 7.18. The first-order chi connectivity index (χ1) is 17.1. The Morgan fingerprint density at radius 1 is 1.00 bits per heavy atom. The number of imidazole rings is 1. The summed E-state index contributed by atoms with van der Waals surface area (Å²) in [5, 5.41) is 8.51. The van der Waals surface area contributed by atoms with Crippen molar-refractivity contribution in [2.45, 2.75) is 44.8 Å². The normalized spacial score (nSPS) is 22.8. The highest BCUT2D eigenvalue weighted by molar-refractivity contribution is 5.63. The van der Waals surface area contributed by atoms with Crippen molar-refractivity contribution in [2.24, 2.45) is 0 Å². The van der Waals surface area contributed by atoms with Crippen LogP contribution in [0.3, 0.4) is 0 Å². The Morgan fingerprint density at radius 2 is 1.89 bits per heavy atom. The fourth-order valence-electron chi connectivity index (χ4n) is 5.36. The summed E-state index contributed by atoms with van der Waals surface area (Å²) in [4.78, 5) is 14.2. The molecule has 6 rings (SSSR count). The average Bonchev–Trinajstić information content (AvgIpc) is 3.53. The van der Waals surface area contributed by atoms with E-state index in [1.807, 2.05) is 35.0 Å². The molecule has 2 fully saturated rings. The van der Waals surface area contributed by atoms with Crippen molar-refractivity contribution < 1.29 is 4.39 Å². The minimum absolute atomic E-state index is 0.111. The second kappa shape index (κ2) is 8.92. The molecule has 5 heterocycles. The number of pyridine rings is 1. The number of anilines is 2. The van der Waals surface area contributed by atoms with Crippen molar-refractivity contribution in [3.05, 3.63) is 72.2 Å². The number of hydrogen-bond acceptors (Lipinski definition) is 6. The van der Waals surface area contributed by atoms with Gasteiger partial charge in [-0.25, -0.2) is 18.9 Å². The highest BCUT2D eigenvalue weighted by atomic mass is 19.1. The number of aromatic nitrogens is 4. The van der Waals surface area contributed by atoms with Gasteiger partial charge in [0, 0.05) is 31.7 Å². The zero-order chi connectivity index (χ0) is 23.9. The van der Waals surface area contributed by atoms with E-state index in [-0.39, 0.29) is 11.9 Å². The van der Waals surface area contributed by atoms with E-state index in [0.29, 0.717) is 12.1 Å². The molecule has 8 heteroatoms. The highest BCUT2D eigenvalue weighted by Gasteiger charge is 2.28. The fraction of sp³-hybridized carbons (Fsp3) is 0.370. The number of nitrogens with zero attached hydrogens (tertiary/aromatic N) is 6. The van der Waals surface area contributed by atoms with Crippen molar-refractivity contribution in [3.63, 3.8) is 0 Å². The molecule has 0 bridgehead atoms. The van der Waals surface area contributed by atoms with Gasteiger partial charge in [-0.05, 0) is 68.7 Å². The monoisotopic (exact) mass is 471 g/mol. The maximum absolute atomic E-state index is 13.9. The Bertz CT molecular complexity index is 1350. The average molecular weight is 472 g/mol. The van der Waals surface area contributed by atoms with E-state index < -0.39 is 0 Å². The molecule has 3 aromatic heterocycles. The summed E-state index contributed by atoms with van der Waals surface area (Å²) >= 11 is 0. The van der Waals surface area contributed by atoms with Crippen molar-refractivity contribution >= 4 is 17.3 Å². The quantitative estimate of drug-likeness (QED) is 0.474. The summed E-state index contributed by atoms with van der Waals surface area (Å²) in [5.74, 6) is 1.64. The van der Waals surface area contributed by atoms with Gasteiger partial charge < -0.3 is 15.1 Å². The summed E-state index contributed by atoms with van der Waals surface area (Å²) in [5.41, 5.74) is 3.48. The Kier molecular flexibility index (Phi) is 5.60. The molecule has 0 spiro atoms. The Balaban J connectivity index is 1.35. The number of benzene rings is 1. The van der Waals surface area contributed by atoms with Gasteiger partial charge in [-0.3, -0.25) is 0 Å². The number of nitrogens with one attached hydrogen (secondary N) is 1. The van der Waals surface area contributed by atoms with Crippen molar-refractivity contribution in [1.82, 2.24) is 24.9 Å². The maximum Gasteiger partial charge on any atom is 0.154 e. The number of halogens is 1. The van der Waals surface area contributed by atoms with Gasteiger partial charge in [0.05, 0.1) is 17.9 Å². The molecule has 0 amide bonds. The zero-order valence-electron chi connectivity index (χ0n) is 20.1. The second-order valence-corrected chi connectivity index (χ2v) is 9.70. The van der Waals surface area contributed by atoms with Gasteiger partial charge in [0.15, 0.2) is 5.65 Å². The first-order valence-corrected chi connectivity index (χ1v) is 12.4. The van der Waals surface area contributed by atoms with E-state index in [4.69, 9.17) is 10.1 Å². The van der Waals surface area contributed by atoms with Gasteiger partial charge in [0.25, 0.3) is 0 Å². The minimum Gasteiger partial charge on any atom is -0.351 e. The van der Waals surface area contributed by atoms with Crippen LogP contribution in [-0.4, -0.2) is 51.3 Å². The standard InChI is InChI=1S/C27H30FN7/c1-18-17-34(19(2)15-29-18)26-10-4-8-22(31-26)24-16-30-25-11-12-27(32-35(24)25)33-13-5-9-23(33)20-6-3-7-21(28)14-20/h3-4,6-8,10-12,14,16,18-19,23,29H,5,9,13,15,17H2,1-2H3. The third-order valence-electron chi connectivity index (χ3n) is 7.18. The molecule has 0 aliphatic carbocycles. The topological polar surface area (TPSA) is 61.6 Å². The molecule has 180 valence electrons. The third kappa shape index (κ3) is 4.12. The summed E-state index contributed by atoms with van der Waals surface area (Å²) in [6, 6.07) is 18.0. The summed E-state index contributed by atoms with van der Waals surface area (Å²) in [6.07, 6.45) is 3.86. The molecule has 35 heavy (non-hydrogen) atoms. The number of rotatable bonds is 4. The Hall–Kier alpha value is -3.52. The SMILES string of the molecule is CC1CN(c2cccc(-c3cnc4ccc(N5CCCC5c5cccc(F)c5)nn34)n2)C(C)CN1. The summed E-state index contributed by atoms with van der Waals surface area (Å²) in [7, 11) is 0. The van der Waals surface area contributed by atoms with Crippen LogP contribution in [0.25, 0.3) is 17.0 Å². The lowest BCUT2D eigenvalue weighted by Gasteiger charge is -2.38. The molecule has 2 aliphatic rings. The van der Waals surface area contributed by atoms with E-state index in [1.165, 1.54) is 6.07 Å². The minimum atomic E-state index is -0.200. The molecular formula is C27H30FN7. The molecule has 1 aromatic carbocycles. The van der Waals surface area contributed by atoms with Crippen LogP contribution in [0.4, 0.5) is 16.0 Å². The predicted molar refractivity (Wildman–Crippen MR) is 136 cm³/mol. The molecule has 0 saturated carbocycles. The van der Waals surface area contributed by atoms with Crippen molar-refractivity contribution in [2.75, 3.05) is 29.4 Å². The molecule has 1 N–H and O–H groups in total. The van der Waals surface area contributed by atoms with Gasteiger partial charge in [-0.1, -0.05) is 18.2 Å². The van der Waals surface area contributed by atoms with Crippen molar-refractivity contribution in [3.8, 4) is 11.4 Å². The largest absolute Gasteiger partial charge is 0.351 e. The van der Waals surface area contributed by atoms with Crippen LogP contribution in [0.1, 0.15) is 38.3 Å². The van der Waals surface area contributed by atoms with Crippen molar-refractivity contribution in [1.29, 1.82) is 0 Å². The van der Waals surface area contributed by atoms with Gasteiger partial charge in [-0.2, -0.15) is 0 Å². The van der Waals surface area contributed by atoms with E-state index in [1.54, 1.807) is 12.1 Å². The summed E-state index contributed by atoms with van der Waals surface area (Å²) in [6.45, 7) is 7.17. The van der Waals surface area contributed by atoms with E-state index in [2.05, 4.69) is 46.1 Å². The van der Waals surface area contributed by atoms with Crippen LogP contribution in [0.2, 0.25) is 0 Å². The molecule has 4 aromatic rings. The molecule has 2 saturated heterocycles. The summed E-state index contributed by atoms with van der Waals surface area (Å²) < 4.78 is 15.8. The van der Waals surface area contributed by atoms with Gasteiger partial charge >= 0.3 is 0 Å². The van der Waals surface area contributed by atoms with Crippen LogP contribution in [0.5, 0.6) is 0 Å². The Morgan fingerprint density at radius 3 is 2.77 bits per heavy atom. The predicted octanol–water partition coefficient (Wildman–Crippen LogP) is 4.46. The fourth-order valence-corrected chi connectivity index (χ4v) is 5.36. The van der Waals surface area contributed by atoms with Crippen LogP contribution in [0, 0.1) is 5.82 Å². The van der Waals surface area contributed by atoms with Gasteiger partial charge in [0.2, 0.25) is 0 Å². The van der Waals surface area contributed by atoms with Gasteiger partial charge in [0.1, 0.15) is 23.1 Å². The van der Waals surface area contributed by atoms with Crippen LogP contribution >= 0.6 is 0 Å². The lowest BCUT2D eigenvalue weighted by atomic mass is 10.0. The van der Waals surface area contributed by atoms with Crippen LogP contribution < -0.4 is 15.1 Å². The smallest absolute Gasteiger partial charge is 0.154 e. The number of hydrogen-bond donors (Lipinski definition) is 1. The number of piperazine rings is 1. The molecule has 7 nitrogen and oxygen atoms in total. The molecule has 3 unspecified atom stereocenters. The lowest BCUT2D eigenvalue weighted by molar-refractivity contribution is 0.423. The van der Waals surface area contributed by atoms with Crippen LogP contribution in [0.15, 0.2) is 60.8 Å². The number of fused-ring (bicyclic) bond motifs is 1. The lowest BCUT2D eigenvalue weighted by Crippen LogP contribution is -2.54. The molecule has 3 atom stereocenters. The molecule has 0 radical (unpaired) electrons. The zero-order valence-corrected chi connectivity index (χ0v) is 20.1. The molecule has 2 aliphatic heterocycles. The van der Waals surface area contributed by atoms with Crippen LogP contribution in [-0.2, 0) is 0 Å². The first kappa shape index (κ1) is 22.0. The maximum atomic E-state index is 13.9. The van der Waals surface area contributed by atoms with E-state index in [0.717, 1.165) is 66.7 Å². The van der Waals surface area contributed by atoms with E-state index in [9.17, 15) is 4.39 Å². The Labute approximate surface area is 204 Å². The molecular weight excluding hydrogens is 441 g/mol. The van der Waals surface area contributed by atoms with Gasteiger partial charge in [-0.15, -0.1) is 5.10 Å². The van der Waals surface area contributed by atoms with E-state index >= 15 is 0 Å². The highest BCUT2D eigenvalue weighted by Crippen LogP contribution is 2.35. The first-order valence-electron chi connectivity index (χ1n) is 12.4.